The van der Waals surface area contributed by atoms with Gasteiger partial charge in [-0.05, 0) is 43.5 Å². The molecule has 7 nitrogen and oxygen atoms in total. The fraction of sp³-hybridized carbons (Fsp3) is 0.500. The van der Waals surface area contributed by atoms with Gasteiger partial charge in [-0.2, -0.15) is 4.98 Å². The van der Waals surface area contributed by atoms with Crippen molar-refractivity contribution in [2.75, 3.05) is 13.2 Å². The zero-order valence-electron chi connectivity index (χ0n) is 17.5. The number of carbonyl (C=O) groups is 1. The standard InChI is InChI=1S/C22H29N3O4/c1-14(2)21(17-6-7-18-19(13-17)29-11-5-10-28-18)24-20(26)8-9-25-16(4)12-15(3)23-22(25)27/h6-7,12-14,21H,5,8-11H2,1-4H3,(H,24,26)/t21-/m1/s1. The SMILES string of the molecule is Cc1cc(C)n(CCC(=O)N[C@@H](c2ccc3c(c2)OCCCO3)C(C)C)c(=O)n1. The number of carbonyl (C=O) groups excluding carboxylic acids is 1. The maximum atomic E-state index is 12.6. The largest absolute Gasteiger partial charge is 0.490 e. The third kappa shape index (κ3) is 5.16. The van der Waals surface area contributed by atoms with Crippen LogP contribution in [0.2, 0.25) is 0 Å². The number of nitrogens with one attached hydrogen (secondary N) is 1. The van der Waals surface area contributed by atoms with Gasteiger partial charge in [0.15, 0.2) is 11.5 Å². The van der Waals surface area contributed by atoms with Gasteiger partial charge in [0.25, 0.3) is 0 Å². The highest BCUT2D eigenvalue weighted by Crippen LogP contribution is 2.34. The van der Waals surface area contributed by atoms with Gasteiger partial charge in [0.05, 0.1) is 19.3 Å². The van der Waals surface area contributed by atoms with Crippen molar-refractivity contribution in [3.05, 3.63) is 51.7 Å². The maximum Gasteiger partial charge on any atom is 0.347 e. The number of benzene rings is 1. The lowest BCUT2D eigenvalue weighted by molar-refractivity contribution is -0.122. The first-order valence-corrected chi connectivity index (χ1v) is 10.1. The second-order valence-corrected chi connectivity index (χ2v) is 7.77. The van der Waals surface area contributed by atoms with Crippen LogP contribution in [-0.2, 0) is 11.3 Å². The molecule has 1 aromatic carbocycles. The summed E-state index contributed by atoms with van der Waals surface area (Å²) >= 11 is 0. The molecule has 0 saturated heterocycles. The number of fused-ring (bicyclic) bond motifs is 1. The molecule has 0 bridgehead atoms. The van der Waals surface area contributed by atoms with E-state index in [4.69, 9.17) is 9.47 Å². The van der Waals surface area contributed by atoms with Crippen LogP contribution in [0, 0.1) is 19.8 Å². The van der Waals surface area contributed by atoms with Gasteiger partial charge in [-0.3, -0.25) is 9.36 Å². The van der Waals surface area contributed by atoms with Crippen molar-refractivity contribution in [3.8, 4) is 11.5 Å². The van der Waals surface area contributed by atoms with Gasteiger partial charge < -0.3 is 14.8 Å². The monoisotopic (exact) mass is 399 g/mol. The van der Waals surface area contributed by atoms with Crippen LogP contribution in [0.25, 0.3) is 0 Å². The molecule has 1 aliphatic rings. The van der Waals surface area contributed by atoms with Gasteiger partial charge in [0.1, 0.15) is 0 Å². The Balaban J connectivity index is 1.70. The van der Waals surface area contributed by atoms with Crippen molar-refractivity contribution < 1.29 is 14.3 Å². The van der Waals surface area contributed by atoms with Gasteiger partial charge in [-0.15, -0.1) is 0 Å². The molecule has 7 heteroatoms. The molecule has 156 valence electrons. The number of aromatic nitrogens is 2. The van der Waals surface area contributed by atoms with Crippen molar-refractivity contribution in [1.29, 1.82) is 0 Å². The molecule has 29 heavy (non-hydrogen) atoms. The van der Waals surface area contributed by atoms with E-state index in [1.165, 1.54) is 4.57 Å². The molecule has 1 aromatic heterocycles. The molecule has 1 N–H and O–H groups in total. The van der Waals surface area contributed by atoms with E-state index >= 15 is 0 Å². The van der Waals surface area contributed by atoms with Crippen LogP contribution in [0.15, 0.2) is 29.1 Å². The maximum absolute atomic E-state index is 12.6. The molecule has 1 amide bonds. The first-order valence-electron chi connectivity index (χ1n) is 10.1. The Morgan fingerprint density at radius 1 is 1.17 bits per heavy atom. The van der Waals surface area contributed by atoms with E-state index in [1.807, 2.05) is 31.2 Å². The van der Waals surface area contributed by atoms with E-state index in [1.54, 1.807) is 6.92 Å². The number of rotatable bonds is 6. The third-order valence-corrected chi connectivity index (χ3v) is 5.02. The Kier molecular flexibility index (Phi) is 6.56. The molecule has 0 aliphatic carbocycles. The van der Waals surface area contributed by atoms with Gasteiger partial charge in [0, 0.05) is 30.8 Å². The predicted octanol–water partition coefficient (Wildman–Crippen LogP) is 2.93. The highest BCUT2D eigenvalue weighted by molar-refractivity contribution is 5.76. The summed E-state index contributed by atoms with van der Waals surface area (Å²) in [4.78, 5) is 28.7. The number of nitrogens with zero attached hydrogens (tertiary/aromatic N) is 2. The van der Waals surface area contributed by atoms with Gasteiger partial charge >= 0.3 is 5.69 Å². The molecule has 3 rings (SSSR count). The molecule has 0 spiro atoms. The summed E-state index contributed by atoms with van der Waals surface area (Å²) in [5.74, 6) is 1.53. The van der Waals surface area contributed by atoms with Crippen LogP contribution in [0.3, 0.4) is 0 Å². The lowest BCUT2D eigenvalue weighted by atomic mass is 9.95. The van der Waals surface area contributed by atoms with Crippen LogP contribution in [0.5, 0.6) is 11.5 Å². The van der Waals surface area contributed by atoms with Gasteiger partial charge in [0.2, 0.25) is 5.91 Å². The summed E-state index contributed by atoms with van der Waals surface area (Å²) in [5, 5.41) is 3.10. The van der Waals surface area contributed by atoms with Crippen LogP contribution in [0.4, 0.5) is 0 Å². The average molecular weight is 399 g/mol. The fourth-order valence-corrected chi connectivity index (χ4v) is 3.51. The van der Waals surface area contributed by atoms with Gasteiger partial charge in [-0.1, -0.05) is 19.9 Å². The van der Waals surface area contributed by atoms with Crippen LogP contribution < -0.4 is 20.5 Å². The van der Waals surface area contributed by atoms with E-state index in [2.05, 4.69) is 24.1 Å². The number of aryl methyl sites for hydroxylation is 2. The lowest BCUT2D eigenvalue weighted by Crippen LogP contribution is -2.34. The van der Waals surface area contributed by atoms with Crippen molar-refractivity contribution >= 4 is 5.91 Å². The van der Waals surface area contributed by atoms with Crippen LogP contribution >= 0.6 is 0 Å². The minimum absolute atomic E-state index is 0.109. The third-order valence-electron chi connectivity index (χ3n) is 5.02. The Labute approximate surface area is 171 Å². The van der Waals surface area contributed by atoms with E-state index in [0.29, 0.717) is 31.2 Å². The quantitative estimate of drug-likeness (QED) is 0.808. The molecular formula is C22H29N3O4. The molecule has 0 unspecified atom stereocenters. The Hall–Kier alpha value is -2.83. The van der Waals surface area contributed by atoms with Crippen LogP contribution in [-0.4, -0.2) is 28.7 Å². The summed E-state index contributed by atoms with van der Waals surface area (Å²) in [7, 11) is 0. The second kappa shape index (κ2) is 9.11. The zero-order valence-corrected chi connectivity index (χ0v) is 17.5. The number of hydrogen-bond donors (Lipinski definition) is 1. The van der Waals surface area contributed by atoms with Crippen LogP contribution in [0.1, 0.15) is 49.7 Å². The number of hydrogen-bond acceptors (Lipinski definition) is 5. The topological polar surface area (TPSA) is 82.5 Å². The molecule has 0 fully saturated rings. The highest BCUT2D eigenvalue weighted by Gasteiger charge is 2.21. The van der Waals surface area contributed by atoms with Crippen molar-refractivity contribution in [1.82, 2.24) is 14.9 Å². The summed E-state index contributed by atoms with van der Waals surface area (Å²) < 4.78 is 13.0. The van der Waals surface area contributed by atoms with Gasteiger partial charge in [-0.25, -0.2) is 4.79 Å². The number of amides is 1. The Bertz CT molecular complexity index is 936. The average Bonchev–Trinajstić information content (AvgIpc) is 2.89. The highest BCUT2D eigenvalue weighted by atomic mass is 16.5. The van der Waals surface area contributed by atoms with Crippen molar-refractivity contribution in [2.24, 2.45) is 5.92 Å². The lowest BCUT2D eigenvalue weighted by Gasteiger charge is -2.24. The van der Waals surface area contributed by atoms with E-state index in [9.17, 15) is 9.59 Å². The Morgan fingerprint density at radius 2 is 1.90 bits per heavy atom. The van der Waals surface area contributed by atoms with E-state index in [0.717, 1.165) is 23.4 Å². The summed E-state index contributed by atoms with van der Waals surface area (Å²) in [5.41, 5.74) is 2.14. The fourth-order valence-electron chi connectivity index (χ4n) is 3.51. The molecule has 1 atom stereocenters. The predicted molar refractivity (Wildman–Crippen MR) is 110 cm³/mol. The molecular weight excluding hydrogens is 370 g/mol. The molecule has 0 saturated carbocycles. The second-order valence-electron chi connectivity index (χ2n) is 7.77. The smallest absolute Gasteiger partial charge is 0.347 e. The first kappa shape index (κ1) is 20.9. The molecule has 0 radical (unpaired) electrons. The Morgan fingerprint density at radius 3 is 2.59 bits per heavy atom. The van der Waals surface area contributed by atoms with Crippen molar-refractivity contribution in [2.45, 2.75) is 53.1 Å². The summed E-state index contributed by atoms with van der Waals surface area (Å²) in [6.07, 6.45) is 1.06. The normalized spacial score (nSPS) is 14.4. The molecule has 1 aliphatic heterocycles. The number of ether oxygens (including phenoxy) is 2. The summed E-state index contributed by atoms with van der Waals surface area (Å²) in [6.45, 7) is 9.32. The van der Waals surface area contributed by atoms with Crippen molar-refractivity contribution in [3.63, 3.8) is 0 Å². The minimum atomic E-state index is -0.321. The van der Waals surface area contributed by atoms with E-state index < -0.39 is 0 Å². The molecule has 2 heterocycles. The van der Waals surface area contributed by atoms with E-state index in [-0.39, 0.29) is 30.0 Å². The first-order chi connectivity index (χ1) is 13.8. The minimum Gasteiger partial charge on any atom is -0.490 e. The zero-order chi connectivity index (χ0) is 21.0. The summed E-state index contributed by atoms with van der Waals surface area (Å²) in [6, 6.07) is 7.50. The molecule has 2 aromatic rings.